The standard InChI is InChI=1S/C11H11N3/c1-2-10-5-3-4-6-11(10)7-14-9-12-8-13-14/h2-6,8-9H,1,7H2. The molecule has 1 aromatic heterocycles. The Balaban J connectivity index is 2.28. The van der Waals surface area contributed by atoms with E-state index in [1.165, 1.54) is 11.9 Å². The van der Waals surface area contributed by atoms with Gasteiger partial charge in [-0.1, -0.05) is 36.9 Å². The maximum Gasteiger partial charge on any atom is 0.137 e. The molecule has 0 amide bonds. The van der Waals surface area contributed by atoms with Crippen molar-refractivity contribution in [2.45, 2.75) is 6.54 Å². The van der Waals surface area contributed by atoms with Crippen LogP contribution in [0.1, 0.15) is 11.1 Å². The van der Waals surface area contributed by atoms with Crippen LogP contribution in [-0.4, -0.2) is 14.8 Å². The minimum Gasteiger partial charge on any atom is -0.249 e. The summed E-state index contributed by atoms with van der Waals surface area (Å²) in [6, 6.07) is 8.12. The van der Waals surface area contributed by atoms with E-state index in [9.17, 15) is 0 Å². The van der Waals surface area contributed by atoms with E-state index >= 15 is 0 Å². The molecule has 3 nitrogen and oxygen atoms in total. The Morgan fingerprint density at radius 1 is 1.36 bits per heavy atom. The smallest absolute Gasteiger partial charge is 0.137 e. The average molecular weight is 185 g/mol. The van der Waals surface area contributed by atoms with Gasteiger partial charge in [-0.2, -0.15) is 5.10 Å². The van der Waals surface area contributed by atoms with Crippen molar-refractivity contribution in [1.82, 2.24) is 14.8 Å². The highest BCUT2D eigenvalue weighted by Crippen LogP contribution is 2.10. The van der Waals surface area contributed by atoms with E-state index in [0.29, 0.717) is 0 Å². The van der Waals surface area contributed by atoms with E-state index in [1.54, 1.807) is 11.0 Å². The predicted molar refractivity (Wildman–Crippen MR) is 55.7 cm³/mol. The Bertz CT molecular complexity index is 418. The molecule has 0 N–H and O–H groups in total. The summed E-state index contributed by atoms with van der Waals surface area (Å²) in [5, 5.41) is 4.06. The quantitative estimate of drug-likeness (QED) is 0.732. The van der Waals surface area contributed by atoms with Crippen LogP contribution in [0, 0.1) is 0 Å². The molecule has 0 aliphatic carbocycles. The van der Waals surface area contributed by atoms with Gasteiger partial charge in [0.2, 0.25) is 0 Å². The second-order valence-corrected chi connectivity index (χ2v) is 3.00. The normalized spacial score (nSPS) is 10.0. The van der Waals surface area contributed by atoms with Crippen LogP contribution in [0.25, 0.3) is 6.08 Å². The lowest BCUT2D eigenvalue weighted by molar-refractivity contribution is 0.684. The van der Waals surface area contributed by atoms with Crippen LogP contribution in [0.5, 0.6) is 0 Å². The summed E-state index contributed by atoms with van der Waals surface area (Å²) in [6.07, 6.45) is 5.10. The number of hydrogen-bond acceptors (Lipinski definition) is 2. The van der Waals surface area contributed by atoms with Crippen molar-refractivity contribution < 1.29 is 0 Å². The average Bonchev–Trinajstić information content (AvgIpc) is 2.71. The molecule has 2 rings (SSSR count). The Hall–Kier alpha value is -1.90. The van der Waals surface area contributed by atoms with Gasteiger partial charge in [-0.25, -0.2) is 9.67 Å². The Morgan fingerprint density at radius 3 is 2.93 bits per heavy atom. The van der Waals surface area contributed by atoms with Gasteiger partial charge in [0.25, 0.3) is 0 Å². The van der Waals surface area contributed by atoms with Crippen LogP contribution in [0.2, 0.25) is 0 Å². The highest BCUT2D eigenvalue weighted by atomic mass is 15.3. The van der Waals surface area contributed by atoms with Crippen molar-refractivity contribution in [2.75, 3.05) is 0 Å². The van der Waals surface area contributed by atoms with Gasteiger partial charge in [-0.3, -0.25) is 0 Å². The summed E-state index contributed by atoms with van der Waals surface area (Å²) in [7, 11) is 0. The zero-order valence-electron chi connectivity index (χ0n) is 7.80. The van der Waals surface area contributed by atoms with Crippen molar-refractivity contribution in [3.8, 4) is 0 Å². The summed E-state index contributed by atoms with van der Waals surface area (Å²) >= 11 is 0. The van der Waals surface area contributed by atoms with Gasteiger partial charge in [0, 0.05) is 0 Å². The fourth-order valence-corrected chi connectivity index (χ4v) is 1.37. The van der Waals surface area contributed by atoms with Crippen molar-refractivity contribution in [2.24, 2.45) is 0 Å². The molecule has 0 fully saturated rings. The summed E-state index contributed by atoms with van der Waals surface area (Å²) in [5.41, 5.74) is 2.34. The molecule has 0 radical (unpaired) electrons. The molecular weight excluding hydrogens is 174 g/mol. The fraction of sp³-hybridized carbons (Fsp3) is 0.0909. The summed E-state index contributed by atoms with van der Waals surface area (Å²) in [4.78, 5) is 3.90. The summed E-state index contributed by atoms with van der Waals surface area (Å²) < 4.78 is 1.79. The molecule has 0 unspecified atom stereocenters. The van der Waals surface area contributed by atoms with Crippen molar-refractivity contribution in [3.05, 3.63) is 54.6 Å². The minimum atomic E-state index is 0.738. The molecule has 70 valence electrons. The third kappa shape index (κ3) is 1.71. The molecule has 3 heteroatoms. The Labute approximate surface area is 82.7 Å². The number of hydrogen-bond donors (Lipinski definition) is 0. The molecule has 2 aromatic rings. The largest absolute Gasteiger partial charge is 0.249 e. The number of benzene rings is 1. The first-order chi connectivity index (χ1) is 6.90. The molecule has 0 spiro atoms. The Morgan fingerprint density at radius 2 is 2.21 bits per heavy atom. The number of aromatic nitrogens is 3. The molecule has 1 heterocycles. The molecule has 0 atom stereocenters. The van der Waals surface area contributed by atoms with E-state index in [2.05, 4.69) is 22.7 Å². The van der Waals surface area contributed by atoms with Crippen LogP contribution in [0.4, 0.5) is 0 Å². The Kier molecular flexibility index (Phi) is 2.40. The second-order valence-electron chi connectivity index (χ2n) is 3.00. The molecule has 0 bridgehead atoms. The van der Waals surface area contributed by atoms with Gasteiger partial charge >= 0.3 is 0 Å². The lowest BCUT2D eigenvalue weighted by Crippen LogP contribution is -2.01. The van der Waals surface area contributed by atoms with E-state index in [4.69, 9.17) is 0 Å². The van der Waals surface area contributed by atoms with Crippen molar-refractivity contribution in [3.63, 3.8) is 0 Å². The first-order valence-electron chi connectivity index (χ1n) is 4.43. The molecule has 0 saturated carbocycles. The van der Waals surface area contributed by atoms with Crippen LogP contribution < -0.4 is 0 Å². The number of nitrogens with zero attached hydrogens (tertiary/aromatic N) is 3. The van der Waals surface area contributed by atoms with Crippen LogP contribution in [0.15, 0.2) is 43.5 Å². The highest BCUT2D eigenvalue weighted by Gasteiger charge is 1.99. The van der Waals surface area contributed by atoms with Gasteiger partial charge in [0.05, 0.1) is 6.54 Å². The van der Waals surface area contributed by atoms with Gasteiger partial charge in [-0.05, 0) is 11.1 Å². The van der Waals surface area contributed by atoms with Crippen LogP contribution in [-0.2, 0) is 6.54 Å². The lowest BCUT2D eigenvalue weighted by atomic mass is 10.1. The van der Waals surface area contributed by atoms with Crippen LogP contribution in [0.3, 0.4) is 0 Å². The molecule has 0 aliphatic heterocycles. The maximum atomic E-state index is 4.06. The van der Waals surface area contributed by atoms with Crippen molar-refractivity contribution >= 4 is 6.08 Å². The third-order valence-corrected chi connectivity index (χ3v) is 2.07. The number of rotatable bonds is 3. The van der Waals surface area contributed by atoms with Gasteiger partial charge in [0.1, 0.15) is 12.7 Å². The van der Waals surface area contributed by atoms with Gasteiger partial charge < -0.3 is 0 Å². The highest BCUT2D eigenvalue weighted by molar-refractivity contribution is 5.51. The van der Waals surface area contributed by atoms with Gasteiger partial charge in [0.15, 0.2) is 0 Å². The molecule has 1 aromatic carbocycles. The summed E-state index contributed by atoms with van der Waals surface area (Å²) in [5.74, 6) is 0. The first kappa shape index (κ1) is 8.69. The molecule has 0 saturated heterocycles. The fourth-order valence-electron chi connectivity index (χ4n) is 1.37. The summed E-state index contributed by atoms with van der Waals surface area (Å²) in [6.45, 7) is 4.51. The SMILES string of the molecule is C=Cc1ccccc1Cn1cncn1. The molecule has 0 aliphatic rings. The second kappa shape index (κ2) is 3.87. The van der Waals surface area contributed by atoms with E-state index in [-0.39, 0.29) is 0 Å². The van der Waals surface area contributed by atoms with E-state index in [0.717, 1.165) is 12.1 Å². The third-order valence-electron chi connectivity index (χ3n) is 2.07. The van der Waals surface area contributed by atoms with Crippen molar-refractivity contribution in [1.29, 1.82) is 0 Å². The van der Waals surface area contributed by atoms with Crippen LogP contribution >= 0.6 is 0 Å². The lowest BCUT2D eigenvalue weighted by Gasteiger charge is -2.04. The minimum absolute atomic E-state index is 0.738. The monoisotopic (exact) mass is 185 g/mol. The predicted octanol–water partition coefficient (Wildman–Crippen LogP) is 1.97. The zero-order chi connectivity index (χ0) is 9.80. The molecular formula is C11H11N3. The topological polar surface area (TPSA) is 30.7 Å². The van der Waals surface area contributed by atoms with E-state index in [1.807, 2.05) is 24.3 Å². The first-order valence-corrected chi connectivity index (χ1v) is 4.43. The van der Waals surface area contributed by atoms with Gasteiger partial charge in [-0.15, -0.1) is 0 Å². The molecule has 14 heavy (non-hydrogen) atoms. The maximum absolute atomic E-state index is 4.06. The zero-order valence-corrected chi connectivity index (χ0v) is 7.80. The van der Waals surface area contributed by atoms with E-state index < -0.39 is 0 Å².